The zero-order valence-electron chi connectivity index (χ0n) is 10.8. The lowest BCUT2D eigenvalue weighted by molar-refractivity contribution is 0.156. The Morgan fingerprint density at radius 2 is 1.82 bits per heavy atom. The van der Waals surface area contributed by atoms with Crippen molar-refractivity contribution in [3.05, 3.63) is 35.4 Å². The van der Waals surface area contributed by atoms with E-state index in [1.807, 2.05) is 6.92 Å². The van der Waals surface area contributed by atoms with Crippen molar-refractivity contribution in [1.82, 2.24) is 0 Å². The molecule has 2 nitrogen and oxygen atoms in total. The second-order valence-electron chi connectivity index (χ2n) is 4.76. The molecule has 92 valence electrons. The summed E-state index contributed by atoms with van der Waals surface area (Å²) in [5.41, 5.74) is 4.05. The Kier molecular flexibility index (Phi) is 4.18. The SMILES string of the molecule is CCON=C1CCC(c2ccc(C)cc2)CC1. The van der Waals surface area contributed by atoms with Gasteiger partial charge in [-0.15, -0.1) is 0 Å². The van der Waals surface area contributed by atoms with Crippen molar-refractivity contribution in [2.45, 2.75) is 45.4 Å². The van der Waals surface area contributed by atoms with Crippen LogP contribution in [0.15, 0.2) is 29.4 Å². The summed E-state index contributed by atoms with van der Waals surface area (Å²) in [7, 11) is 0. The molecule has 1 aliphatic carbocycles. The van der Waals surface area contributed by atoms with E-state index < -0.39 is 0 Å². The largest absolute Gasteiger partial charge is 0.396 e. The lowest BCUT2D eigenvalue weighted by atomic mass is 9.83. The van der Waals surface area contributed by atoms with Crippen molar-refractivity contribution < 1.29 is 4.84 Å². The zero-order chi connectivity index (χ0) is 12.1. The van der Waals surface area contributed by atoms with Gasteiger partial charge in [-0.25, -0.2) is 0 Å². The van der Waals surface area contributed by atoms with Crippen LogP contribution in [-0.2, 0) is 4.84 Å². The van der Waals surface area contributed by atoms with Gasteiger partial charge in [0.05, 0.1) is 5.71 Å². The summed E-state index contributed by atoms with van der Waals surface area (Å²) in [5, 5.41) is 4.16. The molecule has 0 aromatic heterocycles. The standard InChI is InChI=1S/C15H21NO/c1-3-17-16-15-10-8-14(9-11-15)13-6-4-12(2)5-7-13/h4-7,14H,3,8-11H2,1-2H3. The molecule has 0 N–H and O–H groups in total. The van der Waals surface area contributed by atoms with Crippen LogP contribution in [0.3, 0.4) is 0 Å². The molecule has 1 aromatic rings. The maximum atomic E-state index is 5.12. The van der Waals surface area contributed by atoms with E-state index in [1.165, 1.54) is 29.7 Å². The van der Waals surface area contributed by atoms with Crippen molar-refractivity contribution in [3.8, 4) is 0 Å². The maximum Gasteiger partial charge on any atom is 0.114 e. The third kappa shape index (κ3) is 3.32. The molecule has 17 heavy (non-hydrogen) atoms. The van der Waals surface area contributed by atoms with Gasteiger partial charge < -0.3 is 4.84 Å². The van der Waals surface area contributed by atoms with E-state index in [2.05, 4.69) is 36.3 Å². The number of aryl methyl sites for hydroxylation is 1. The molecule has 2 heteroatoms. The van der Waals surface area contributed by atoms with Crippen molar-refractivity contribution in [2.75, 3.05) is 6.61 Å². The van der Waals surface area contributed by atoms with Crippen LogP contribution in [0.4, 0.5) is 0 Å². The highest BCUT2D eigenvalue weighted by molar-refractivity contribution is 5.84. The molecule has 1 aromatic carbocycles. The minimum Gasteiger partial charge on any atom is -0.396 e. The summed E-state index contributed by atoms with van der Waals surface area (Å²) < 4.78 is 0. The molecule has 0 unspecified atom stereocenters. The third-order valence-corrected chi connectivity index (χ3v) is 3.43. The lowest BCUT2D eigenvalue weighted by Crippen LogP contribution is -2.13. The van der Waals surface area contributed by atoms with Crippen LogP contribution in [0.25, 0.3) is 0 Å². The van der Waals surface area contributed by atoms with Gasteiger partial charge in [-0.2, -0.15) is 0 Å². The van der Waals surface area contributed by atoms with E-state index in [4.69, 9.17) is 4.84 Å². The molecule has 2 rings (SSSR count). The fourth-order valence-electron chi connectivity index (χ4n) is 2.37. The Labute approximate surface area is 104 Å². The highest BCUT2D eigenvalue weighted by Gasteiger charge is 2.19. The quantitative estimate of drug-likeness (QED) is 0.719. The second kappa shape index (κ2) is 5.85. The van der Waals surface area contributed by atoms with E-state index in [0.717, 1.165) is 12.8 Å². The highest BCUT2D eigenvalue weighted by Crippen LogP contribution is 2.31. The smallest absolute Gasteiger partial charge is 0.114 e. The molecule has 0 radical (unpaired) electrons. The Morgan fingerprint density at radius 1 is 1.18 bits per heavy atom. The highest BCUT2D eigenvalue weighted by atomic mass is 16.6. The summed E-state index contributed by atoms with van der Waals surface area (Å²) in [5.74, 6) is 0.705. The minimum absolute atomic E-state index is 0.672. The summed E-state index contributed by atoms with van der Waals surface area (Å²) in [6.45, 7) is 4.78. The van der Waals surface area contributed by atoms with Crippen LogP contribution >= 0.6 is 0 Å². The molecule has 0 heterocycles. The van der Waals surface area contributed by atoms with Crippen LogP contribution in [-0.4, -0.2) is 12.3 Å². The summed E-state index contributed by atoms with van der Waals surface area (Å²) in [6, 6.07) is 8.95. The fraction of sp³-hybridized carbons (Fsp3) is 0.533. The topological polar surface area (TPSA) is 21.6 Å². The van der Waals surface area contributed by atoms with Crippen LogP contribution < -0.4 is 0 Å². The predicted molar refractivity (Wildman–Crippen MR) is 71.4 cm³/mol. The first-order valence-electron chi connectivity index (χ1n) is 6.54. The molecule has 0 saturated heterocycles. The average molecular weight is 231 g/mol. The van der Waals surface area contributed by atoms with Gasteiger partial charge in [-0.3, -0.25) is 0 Å². The Bertz CT molecular complexity index is 370. The molecule has 1 fully saturated rings. The number of rotatable bonds is 3. The number of hydrogen-bond acceptors (Lipinski definition) is 2. The van der Waals surface area contributed by atoms with Gasteiger partial charge in [-0.1, -0.05) is 35.0 Å². The Hall–Kier alpha value is -1.31. The van der Waals surface area contributed by atoms with Gasteiger partial charge in [0.2, 0.25) is 0 Å². The fourth-order valence-corrected chi connectivity index (χ4v) is 2.37. The molecule has 1 saturated carbocycles. The summed E-state index contributed by atoms with van der Waals surface area (Å²) in [6.07, 6.45) is 4.57. The molecule has 0 atom stereocenters. The Morgan fingerprint density at radius 3 is 2.41 bits per heavy atom. The third-order valence-electron chi connectivity index (χ3n) is 3.43. The first-order chi connectivity index (χ1) is 8.29. The van der Waals surface area contributed by atoms with Gasteiger partial charge in [0, 0.05) is 0 Å². The summed E-state index contributed by atoms with van der Waals surface area (Å²) in [4.78, 5) is 5.12. The van der Waals surface area contributed by atoms with Crippen LogP contribution in [0.5, 0.6) is 0 Å². The van der Waals surface area contributed by atoms with E-state index in [9.17, 15) is 0 Å². The van der Waals surface area contributed by atoms with Crippen molar-refractivity contribution >= 4 is 5.71 Å². The van der Waals surface area contributed by atoms with Crippen LogP contribution in [0, 0.1) is 6.92 Å². The number of benzene rings is 1. The predicted octanol–water partition coefficient (Wildman–Crippen LogP) is 4.05. The van der Waals surface area contributed by atoms with Crippen molar-refractivity contribution in [1.29, 1.82) is 0 Å². The van der Waals surface area contributed by atoms with E-state index in [-0.39, 0.29) is 0 Å². The average Bonchev–Trinajstić information content (AvgIpc) is 2.38. The molecule has 0 bridgehead atoms. The lowest BCUT2D eigenvalue weighted by Gasteiger charge is -2.23. The zero-order valence-corrected chi connectivity index (χ0v) is 10.8. The molecule has 0 amide bonds. The number of nitrogens with zero attached hydrogens (tertiary/aromatic N) is 1. The summed E-state index contributed by atoms with van der Waals surface area (Å²) >= 11 is 0. The Balaban J connectivity index is 1.92. The van der Waals surface area contributed by atoms with E-state index in [1.54, 1.807) is 0 Å². The van der Waals surface area contributed by atoms with Gasteiger partial charge >= 0.3 is 0 Å². The van der Waals surface area contributed by atoms with Gasteiger partial charge in [-0.05, 0) is 51.0 Å². The van der Waals surface area contributed by atoms with Crippen molar-refractivity contribution in [2.24, 2.45) is 5.16 Å². The number of hydrogen-bond donors (Lipinski definition) is 0. The first kappa shape index (κ1) is 12.2. The van der Waals surface area contributed by atoms with E-state index >= 15 is 0 Å². The maximum absolute atomic E-state index is 5.12. The molecule has 0 aliphatic heterocycles. The van der Waals surface area contributed by atoms with E-state index in [0.29, 0.717) is 12.5 Å². The van der Waals surface area contributed by atoms with Crippen molar-refractivity contribution in [3.63, 3.8) is 0 Å². The monoisotopic (exact) mass is 231 g/mol. The van der Waals surface area contributed by atoms with Crippen LogP contribution in [0.2, 0.25) is 0 Å². The first-order valence-corrected chi connectivity index (χ1v) is 6.54. The van der Waals surface area contributed by atoms with Gasteiger partial charge in [0.1, 0.15) is 6.61 Å². The molecular weight excluding hydrogens is 210 g/mol. The second-order valence-corrected chi connectivity index (χ2v) is 4.76. The normalized spacial score (nSPS) is 20.1. The molecular formula is C15H21NO. The van der Waals surface area contributed by atoms with Gasteiger partial charge in [0.15, 0.2) is 0 Å². The minimum atomic E-state index is 0.672. The molecule has 0 spiro atoms. The van der Waals surface area contributed by atoms with Crippen LogP contribution in [0.1, 0.15) is 49.7 Å². The molecule has 1 aliphatic rings. The number of oxime groups is 1. The van der Waals surface area contributed by atoms with Gasteiger partial charge in [0.25, 0.3) is 0 Å².